The van der Waals surface area contributed by atoms with E-state index in [1.165, 1.54) is 43.6 Å². The lowest BCUT2D eigenvalue weighted by Crippen LogP contribution is -2.34. The molecule has 0 amide bonds. The molecule has 1 aromatic carbocycles. The van der Waals surface area contributed by atoms with Gasteiger partial charge in [0.05, 0.1) is 6.61 Å². The highest BCUT2D eigenvalue weighted by Crippen LogP contribution is 2.26. The Morgan fingerprint density at radius 3 is 3.00 bits per heavy atom. The monoisotopic (exact) mass is 260 g/mol. The lowest BCUT2D eigenvalue weighted by atomic mass is 9.97. The molecular formula is C16H24N2O. The van der Waals surface area contributed by atoms with Gasteiger partial charge < -0.3 is 15.0 Å². The molecule has 0 spiro atoms. The van der Waals surface area contributed by atoms with E-state index in [2.05, 4.69) is 35.5 Å². The van der Waals surface area contributed by atoms with Crippen molar-refractivity contribution in [2.24, 2.45) is 5.92 Å². The van der Waals surface area contributed by atoms with Crippen molar-refractivity contribution in [2.45, 2.75) is 25.8 Å². The summed E-state index contributed by atoms with van der Waals surface area (Å²) in [5, 5.41) is 3.43. The minimum absolute atomic E-state index is 0.851. The third-order valence-corrected chi connectivity index (χ3v) is 4.23. The molecule has 0 aliphatic carbocycles. The minimum atomic E-state index is 0.851. The normalized spacial score (nSPS) is 19.5. The Bertz CT molecular complexity index is 427. The highest BCUT2D eigenvalue weighted by atomic mass is 16.5. The Morgan fingerprint density at radius 2 is 2.16 bits per heavy atom. The van der Waals surface area contributed by atoms with E-state index in [-0.39, 0.29) is 0 Å². The number of nitrogens with one attached hydrogen (secondary N) is 1. The Morgan fingerprint density at radius 1 is 1.32 bits per heavy atom. The molecule has 0 bridgehead atoms. The summed E-state index contributed by atoms with van der Waals surface area (Å²) < 4.78 is 5.56. The Kier molecular flexibility index (Phi) is 4.04. The number of fused-ring (bicyclic) bond motifs is 1. The molecule has 3 rings (SSSR count). The predicted molar refractivity (Wildman–Crippen MR) is 77.6 cm³/mol. The summed E-state index contributed by atoms with van der Waals surface area (Å²) in [6.07, 6.45) is 3.71. The van der Waals surface area contributed by atoms with Crippen LogP contribution in [0.3, 0.4) is 0 Å². The molecule has 2 heterocycles. The maximum atomic E-state index is 5.56. The average molecular weight is 260 g/mol. The fourth-order valence-electron chi connectivity index (χ4n) is 3.22. The smallest absolute Gasteiger partial charge is 0.122 e. The van der Waals surface area contributed by atoms with E-state index in [0.29, 0.717) is 0 Å². The second-order valence-corrected chi connectivity index (χ2v) is 5.93. The van der Waals surface area contributed by atoms with Crippen molar-refractivity contribution in [3.05, 3.63) is 29.3 Å². The molecule has 2 aliphatic rings. The van der Waals surface area contributed by atoms with Crippen LogP contribution in [0.25, 0.3) is 0 Å². The number of piperidine rings is 1. The highest BCUT2D eigenvalue weighted by molar-refractivity contribution is 5.39. The molecule has 0 atom stereocenters. The number of nitrogens with zero attached hydrogens (tertiary/aromatic N) is 1. The summed E-state index contributed by atoms with van der Waals surface area (Å²) in [6, 6.07) is 6.67. The first-order valence-electron chi connectivity index (χ1n) is 7.45. The van der Waals surface area contributed by atoms with Gasteiger partial charge in [-0.05, 0) is 56.1 Å². The van der Waals surface area contributed by atoms with Gasteiger partial charge in [-0.1, -0.05) is 12.1 Å². The predicted octanol–water partition coefficient (Wildman–Crippen LogP) is 2.05. The average Bonchev–Trinajstić information content (AvgIpc) is 2.87. The second-order valence-electron chi connectivity index (χ2n) is 5.93. The number of rotatable bonds is 4. The molecule has 104 valence electrons. The van der Waals surface area contributed by atoms with Crippen LogP contribution in [0.15, 0.2) is 18.2 Å². The van der Waals surface area contributed by atoms with E-state index in [4.69, 9.17) is 4.74 Å². The van der Waals surface area contributed by atoms with Crippen LogP contribution >= 0.6 is 0 Å². The second kappa shape index (κ2) is 5.93. The van der Waals surface area contributed by atoms with Crippen LogP contribution in [0, 0.1) is 5.92 Å². The standard InChI is InChI=1S/C16H24N2O/c1-18(11-13-4-7-17-8-5-13)12-14-2-3-16-15(10-14)6-9-19-16/h2-3,10,13,17H,4-9,11-12H2,1H3. The molecule has 0 radical (unpaired) electrons. The third kappa shape index (κ3) is 3.28. The molecule has 1 saturated heterocycles. The van der Waals surface area contributed by atoms with E-state index in [9.17, 15) is 0 Å². The van der Waals surface area contributed by atoms with Crippen LogP contribution in [0.4, 0.5) is 0 Å². The Labute approximate surface area is 115 Å². The van der Waals surface area contributed by atoms with Gasteiger partial charge in [-0.25, -0.2) is 0 Å². The molecule has 3 heteroatoms. The lowest BCUT2D eigenvalue weighted by Gasteiger charge is -2.27. The van der Waals surface area contributed by atoms with Crippen LogP contribution in [0.5, 0.6) is 5.75 Å². The van der Waals surface area contributed by atoms with Gasteiger partial charge in [-0.15, -0.1) is 0 Å². The van der Waals surface area contributed by atoms with Crippen LogP contribution < -0.4 is 10.1 Å². The molecule has 0 aromatic heterocycles. The van der Waals surface area contributed by atoms with Crippen molar-refractivity contribution in [3.8, 4) is 5.75 Å². The van der Waals surface area contributed by atoms with E-state index in [0.717, 1.165) is 31.2 Å². The van der Waals surface area contributed by atoms with Gasteiger partial charge in [0.25, 0.3) is 0 Å². The third-order valence-electron chi connectivity index (χ3n) is 4.23. The van der Waals surface area contributed by atoms with Crippen LogP contribution in [-0.4, -0.2) is 38.2 Å². The van der Waals surface area contributed by atoms with Crippen molar-refractivity contribution in [1.82, 2.24) is 10.2 Å². The maximum absolute atomic E-state index is 5.56. The Hall–Kier alpha value is -1.06. The molecule has 19 heavy (non-hydrogen) atoms. The molecule has 0 saturated carbocycles. The SMILES string of the molecule is CN(Cc1ccc2c(c1)CCO2)CC1CCNCC1. The van der Waals surface area contributed by atoms with E-state index < -0.39 is 0 Å². The van der Waals surface area contributed by atoms with E-state index in [1.54, 1.807) is 0 Å². The summed E-state index contributed by atoms with van der Waals surface area (Å²) >= 11 is 0. The Balaban J connectivity index is 1.55. The topological polar surface area (TPSA) is 24.5 Å². The van der Waals surface area contributed by atoms with E-state index >= 15 is 0 Å². The molecule has 3 nitrogen and oxygen atoms in total. The van der Waals surface area contributed by atoms with Gasteiger partial charge in [0.1, 0.15) is 5.75 Å². The molecule has 1 aromatic rings. The number of hydrogen-bond acceptors (Lipinski definition) is 3. The van der Waals surface area contributed by atoms with Crippen molar-refractivity contribution in [1.29, 1.82) is 0 Å². The van der Waals surface area contributed by atoms with Crippen molar-refractivity contribution in [3.63, 3.8) is 0 Å². The van der Waals surface area contributed by atoms with Gasteiger partial charge in [-0.2, -0.15) is 0 Å². The molecular weight excluding hydrogens is 236 g/mol. The van der Waals surface area contributed by atoms with E-state index in [1.807, 2.05) is 0 Å². The fourth-order valence-corrected chi connectivity index (χ4v) is 3.22. The van der Waals surface area contributed by atoms with Gasteiger partial charge in [0, 0.05) is 19.5 Å². The summed E-state index contributed by atoms with van der Waals surface area (Å²) in [6.45, 7) is 5.50. The van der Waals surface area contributed by atoms with Crippen molar-refractivity contribution < 1.29 is 4.74 Å². The van der Waals surface area contributed by atoms with Crippen molar-refractivity contribution in [2.75, 3.05) is 33.3 Å². The largest absolute Gasteiger partial charge is 0.493 e. The van der Waals surface area contributed by atoms with Gasteiger partial charge in [0.2, 0.25) is 0 Å². The molecule has 1 N–H and O–H groups in total. The highest BCUT2D eigenvalue weighted by Gasteiger charge is 2.16. The number of ether oxygens (including phenoxy) is 1. The van der Waals surface area contributed by atoms with Crippen LogP contribution in [-0.2, 0) is 13.0 Å². The van der Waals surface area contributed by atoms with Crippen LogP contribution in [0.1, 0.15) is 24.0 Å². The van der Waals surface area contributed by atoms with Gasteiger partial charge in [0.15, 0.2) is 0 Å². The molecule has 1 fully saturated rings. The number of hydrogen-bond donors (Lipinski definition) is 1. The first-order valence-corrected chi connectivity index (χ1v) is 7.45. The maximum Gasteiger partial charge on any atom is 0.122 e. The molecule has 2 aliphatic heterocycles. The minimum Gasteiger partial charge on any atom is -0.493 e. The zero-order chi connectivity index (χ0) is 13.1. The summed E-state index contributed by atoms with van der Waals surface area (Å²) in [5.41, 5.74) is 2.80. The lowest BCUT2D eigenvalue weighted by molar-refractivity contribution is 0.234. The first kappa shape index (κ1) is 12.9. The summed E-state index contributed by atoms with van der Waals surface area (Å²) in [7, 11) is 2.24. The van der Waals surface area contributed by atoms with Crippen molar-refractivity contribution >= 4 is 0 Å². The molecule has 0 unspecified atom stereocenters. The quantitative estimate of drug-likeness (QED) is 0.897. The van der Waals surface area contributed by atoms with Gasteiger partial charge >= 0.3 is 0 Å². The zero-order valence-electron chi connectivity index (χ0n) is 11.8. The van der Waals surface area contributed by atoms with Crippen LogP contribution in [0.2, 0.25) is 0 Å². The fraction of sp³-hybridized carbons (Fsp3) is 0.625. The summed E-state index contributed by atoms with van der Waals surface area (Å²) in [4.78, 5) is 2.47. The zero-order valence-corrected chi connectivity index (χ0v) is 11.8. The van der Waals surface area contributed by atoms with Gasteiger partial charge in [-0.3, -0.25) is 0 Å². The first-order chi connectivity index (χ1) is 9.31. The summed E-state index contributed by atoms with van der Waals surface area (Å²) in [5.74, 6) is 1.95. The number of benzene rings is 1.